The number of aliphatic hydroxyl groups is 6. The van der Waals surface area contributed by atoms with Gasteiger partial charge in [-0.1, -0.05) is 6.58 Å². The Kier molecular flexibility index (Phi) is 7.66. The lowest BCUT2D eigenvalue weighted by Gasteiger charge is -2.41. The van der Waals surface area contributed by atoms with Gasteiger partial charge in [-0.2, -0.15) is 5.26 Å². The van der Waals surface area contributed by atoms with Gasteiger partial charge < -0.3 is 49.6 Å². The van der Waals surface area contributed by atoms with Gasteiger partial charge in [-0.05, 0) is 12.5 Å². The highest BCUT2D eigenvalue weighted by atomic mass is 16.7. The molecule has 6 N–H and O–H groups in total. The summed E-state index contributed by atoms with van der Waals surface area (Å²) in [5.41, 5.74) is 0.355. The van der Waals surface area contributed by atoms with E-state index < -0.39 is 68.0 Å². The summed E-state index contributed by atoms with van der Waals surface area (Å²) < 4.78 is 21.0. The van der Waals surface area contributed by atoms with E-state index in [1.165, 1.54) is 6.92 Å². The molecule has 0 bridgehead atoms. The second-order valence-corrected chi connectivity index (χ2v) is 6.59. The summed E-state index contributed by atoms with van der Waals surface area (Å²) >= 11 is 0. The fourth-order valence-electron chi connectivity index (χ4n) is 2.67. The SMILES string of the molecule is C=C(C)[C@@H](C#N)O[C@H]1O[C@H](CO[C@H]2OC[C@H](O)[C@@H](O)[C@H]2O)[C@H](O)[C@H](O)[C@H]1O. The van der Waals surface area contributed by atoms with Crippen LogP contribution in [0.5, 0.6) is 0 Å². The molecular formula is C16H25NO10. The summed E-state index contributed by atoms with van der Waals surface area (Å²) in [5.74, 6) is 0. The third kappa shape index (κ3) is 5.01. The molecule has 11 nitrogen and oxygen atoms in total. The highest BCUT2D eigenvalue weighted by molar-refractivity contribution is 5.10. The molecule has 2 fully saturated rings. The average Bonchev–Trinajstić information content (AvgIpc) is 2.64. The molecule has 0 spiro atoms. The first-order chi connectivity index (χ1) is 12.7. The molecule has 0 aromatic heterocycles. The lowest BCUT2D eigenvalue weighted by molar-refractivity contribution is -0.323. The number of hydrogen-bond donors (Lipinski definition) is 6. The highest BCUT2D eigenvalue weighted by Crippen LogP contribution is 2.25. The molecule has 0 radical (unpaired) electrons. The third-order valence-corrected chi connectivity index (χ3v) is 4.38. The first-order valence-electron chi connectivity index (χ1n) is 8.35. The standard InChI is InChI=1S/C16H25NO10/c1-6(2)8(3-17)26-16-14(23)12(21)11(20)9(27-16)5-25-15-13(22)10(19)7(18)4-24-15/h7-16,18-23H,1,4-5H2,2H3/t7-,8+,9+,10+,11-,12-,13+,14+,15+,16-/m0/s1. The van der Waals surface area contributed by atoms with Crippen molar-refractivity contribution < 1.29 is 49.6 Å². The van der Waals surface area contributed by atoms with Crippen LogP contribution in [-0.4, -0.2) is 105 Å². The monoisotopic (exact) mass is 391 g/mol. The number of rotatable bonds is 6. The van der Waals surface area contributed by atoms with E-state index in [2.05, 4.69) is 6.58 Å². The molecule has 2 aliphatic heterocycles. The van der Waals surface area contributed by atoms with Crippen LogP contribution in [0.2, 0.25) is 0 Å². The Morgan fingerprint density at radius 3 is 2.30 bits per heavy atom. The Bertz CT molecular complexity index is 554. The van der Waals surface area contributed by atoms with E-state index in [0.29, 0.717) is 5.57 Å². The topological polar surface area (TPSA) is 182 Å². The molecule has 2 aliphatic rings. The average molecular weight is 391 g/mol. The van der Waals surface area contributed by atoms with E-state index in [0.717, 1.165) is 0 Å². The van der Waals surface area contributed by atoms with Gasteiger partial charge in [0, 0.05) is 0 Å². The van der Waals surface area contributed by atoms with Crippen LogP contribution in [-0.2, 0) is 18.9 Å². The Labute approximate surface area is 155 Å². The van der Waals surface area contributed by atoms with Crippen LogP contribution in [0.15, 0.2) is 12.2 Å². The van der Waals surface area contributed by atoms with Crippen molar-refractivity contribution in [1.29, 1.82) is 5.26 Å². The lowest BCUT2D eigenvalue weighted by atomic mass is 9.99. The van der Waals surface area contributed by atoms with E-state index in [9.17, 15) is 30.6 Å². The first-order valence-corrected chi connectivity index (χ1v) is 8.35. The van der Waals surface area contributed by atoms with E-state index in [1.54, 1.807) is 0 Å². The third-order valence-electron chi connectivity index (χ3n) is 4.38. The summed E-state index contributed by atoms with van der Waals surface area (Å²) in [7, 11) is 0. The molecule has 10 atom stereocenters. The second-order valence-electron chi connectivity index (χ2n) is 6.59. The molecule has 0 aromatic carbocycles. The number of aliphatic hydroxyl groups excluding tert-OH is 6. The quantitative estimate of drug-likeness (QED) is 0.250. The molecule has 154 valence electrons. The number of hydrogen-bond acceptors (Lipinski definition) is 11. The maximum atomic E-state index is 10.1. The molecule has 0 aromatic rings. The van der Waals surface area contributed by atoms with E-state index >= 15 is 0 Å². The van der Waals surface area contributed by atoms with Crippen molar-refractivity contribution in [2.75, 3.05) is 13.2 Å². The molecule has 27 heavy (non-hydrogen) atoms. The largest absolute Gasteiger partial charge is 0.388 e. The lowest BCUT2D eigenvalue weighted by Crippen LogP contribution is -2.60. The zero-order valence-electron chi connectivity index (χ0n) is 14.7. The van der Waals surface area contributed by atoms with E-state index in [-0.39, 0.29) is 6.61 Å². The predicted octanol–water partition coefficient (Wildman–Crippen LogP) is -3.27. The van der Waals surface area contributed by atoms with Gasteiger partial charge in [-0.3, -0.25) is 0 Å². The Hall–Kier alpha value is -1.17. The Morgan fingerprint density at radius 2 is 1.70 bits per heavy atom. The van der Waals surface area contributed by atoms with Gasteiger partial charge in [0.05, 0.1) is 19.3 Å². The van der Waals surface area contributed by atoms with Gasteiger partial charge in [0.2, 0.25) is 0 Å². The zero-order chi connectivity index (χ0) is 20.3. The number of ether oxygens (including phenoxy) is 4. The van der Waals surface area contributed by atoms with Gasteiger partial charge in [0.1, 0.15) is 42.7 Å². The van der Waals surface area contributed by atoms with Crippen molar-refractivity contribution in [2.24, 2.45) is 0 Å². The number of nitriles is 1. The Balaban J connectivity index is 1.99. The summed E-state index contributed by atoms with van der Waals surface area (Å²) in [6, 6.07) is 1.82. The van der Waals surface area contributed by atoms with Crippen molar-refractivity contribution in [3.8, 4) is 6.07 Å². The van der Waals surface area contributed by atoms with Crippen LogP contribution in [0, 0.1) is 11.3 Å². The fourth-order valence-corrected chi connectivity index (χ4v) is 2.67. The molecule has 0 aliphatic carbocycles. The molecule has 2 rings (SSSR count). The van der Waals surface area contributed by atoms with Crippen LogP contribution in [0.1, 0.15) is 6.92 Å². The second kappa shape index (κ2) is 9.35. The van der Waals surface area contributed by atoms with Crippen molar-refractivity contribution >= 4 is 0 Å². The Morgan fingerprint density at radius 1 is 1.07 bits per heavy atom. The smallest absolute Gasteiger partial charge is 0.188 e. The van der Waals surface area contributed by atoms with Gasteiger partial charge in [0.25, 0.3) is 0 Å². The normalized spacial score (nSPS) is 43.7. The van der Waals surface area contributed by atoms with Crippen LogP contribution in [0.25, 0.3) is 0 Å². The fraction of sp³-hybridized carbons (Fsp3) is 0.812. The van der Waals surface area contributed by atoms with Gasteiger partial charge in [0.15, 0.2) is 18.7 Å². The highest BCUT2D eigenvalue weighted by Gasteiger charge is 2.46. The number of nitrogens with zero attached hydrogens (tertiary/aromatic N) is 1. The van der Waals surface area contributed by atoms with E-state index in [4.69, 9.17) is 24.2 Å². The van der Waals surface area contributed by atoms with E-state index in [1.807, 2.05) is 6.07 Å². The van der Waals surface area contributed by atoms with Crippen LogP contribution < -0.4 is 0 Å². The van der Waals surface area contributed by atoms with Crippen LogP contribution in [0.4, 0.5) is 0 Å². The van der Waals surface area contributed by atoms with Crippen molar-refractivity contribution in [2.45, 2.75) is 68.3 Å². The maximum Gasteiger partial charge on any atom is 0.188 e. The molecule has 11 heteroatoms. The summed E-state index contributed by atoms with van der Waals surface area (Å²) in [6.07, 6.45) is -14.1. The zero-order valence-corrected chi connectivity index (χ0v) is 14.7. The van der Waals surface area contributed by atoms with Gasteiger partial charge >= 0.3 is 0 Å². The predicted molar refractivity (Wildman–Crippen MR) is 85.7 cm³/mol. The molecule has 2 heterocycles. The van der Waals surface area contributed by atoms with Crippen molar-refractivity contribution in [3.05, 3.63) is 12.2 Å². The first kappa shape index (κ1) is 22.1. The van der Waals surface area contributed by atoms with Gasteiger partial charge in [-0.25, -0.2) is 0 Å². The van der Waals surface area contributed by atoms with Crippen molar-refractivity contribution in [1.82, 2.24) is 0 Å². The minimum Gasteiger partial charge on any atom is -0.388 e. The van der Waals surface area contributed by atoms with Crippen molar-refractivity contribution in [3.63, 3.8) is 0 Å². The molecule has 0 amide bonds. The minimum absolute atomic E-state index is 0.271. The summed E-state index contributed by atoms with van der Waals surface area (Å²) in [5, 5.41) is 68.0. The molecular weight excluding hydrogens is 366 g/mol. The van der Waals surface area contributed by atoms with Crippen LogP contribution >= 0.6 is 0 Å². The summed E-state index contributed by atoms with van der Waals surface area (Å²) in [4.78, 5) is 0. The van der Waals surface area contributed by atoms with Gasteiger partial charge in [-0.15, -0.1) is 0 Å². The molecule has 0 unspecified atom stereocenters. The summed E-state index contributed by atoms with van der Waals surface area (Å²) in [6.45, 7) is 4.44. The molecule has 2 saturated heterocycles. The maximum absolute atomic E-state index is 10.1. The molecule has 0 saturated carbocycles. The minimum atomic E-state index is -1.65. The van der Waals surface area contributed by atoms with Crippen LogP contribution in [0.3, 0.4) is 0 Å².